The molecule has 2 aliphatic rings. The number of carbonyl (C=O) groups is 4. The summed E-state index contributed by atoms with van der Waals surface area (Å²) in [5.74, 6) is -2.96. The number of carbonyl (C=O) groups excluding carboxylic acids is 3. The van der Waals surface area contributed by atoms with Crippen LogP contribution in [-0.4, -0.2) is 91.6 Å². The molecular formula is C43H51F6N9O7. The van der Waals surface area contributed by atoms with E-state index in [0.29, 0.717) is 35.2 Å². The molecule has 5 N–H and O–H groups in total. The fraction of sp³-hybridized carbons (Fsp3) is 0.442. The lowest BCUT2D eigenvalue weighted by molar-refractivity contribution is -0.142. The lowest BCUT2D eigenvalue weighted by Crippen LogP contribution is -2.37. The highest BCUT2D eigenvalue weighted by Gasteiger charge is 2.41. The molecule has 0 aliphatic carbocycles. The normalized spacial score (nSPS) is 17.9. The molecule has 0 radical (unpaired) electrons. The van der Waals surface area contributed by atoms with Crippen LogP contribution in [-0.2, 0) is 44.6 Å². The summed E-state index contributed by atoms with van der Waals surface area (Å²) in [6.07, 6.45) is -9.60. The van der Waals surface area contributed by atoms with Gasteiger partial charge < -0.3 is 31.1 Å². The van der Waals surface area contributed by atoms with Crippen molar-refractivity contribution < 1.29 is 60.3 Å². The number of Topliss-reactive ketones (excluding diaryl/α,β-unsaturated/α-hetero) is 1. The number of aromatic carboxylic acids is 1. The van der Waals surface area contributed by atoms with Crippen molar-refractivity contribution in [1.29, 1.82) is 0 Å². The molecule has 2 aliphatic heterocycles. The van der Waals surface area contributed by atoms with Gasteiger partial charge in [-0.15, -0.1) is 0 Å². The lowest BCUT2D eigenvalue weighted by atomic mass is 9.91. The van der Waals surface area contributed by atoms with Crippen molar-refractivity contribution in [3.63, 3.8) is 0 Å². The van der Waals surface area contributed by atoms with Gasteiger partial charge in [0.25, 0.3) is 5.91 Å². The predicted molar refractivity (Wildman–Crippen MR) is 225 cm³/mol. The Morgan fingerprint density at radius 1 is 0.738 bits per heavy atom. The van der Waals surface area contributed by atoms with Crippen molar-refractivity contribution in [1.82, 2.24) is 30.2 Å². The first kappa shape index (κ1) is 51.1. The Balaban J connectivity index is 0.000000243. The number of benzene rings is 2. The number of nitrogens with two attached hydrogens (primary N) is 1. The molecule has 0 saturated heterocycles. The summed E-state index contributed by atoms with van der Waals surface area (Å²) in [7, 11) is 3.71. The number of nitrogens with zero attached hydrogens (tertiary/aromatic N) is 6. The van der Waals surface area contributed by atoms with Gasteiger partial charge in [0.05, 0.1) is 59.3 Å². The Hall–Kier alpha value is -6.58. The Labute approximate surface area is 370 Å². The molecule has 2 unspecified atom stereocenters. The van der Waals surface area contributed by atoms with Gasteiger partial charge in [-0.2, -0.15) is 36.5 Å². The molecule has 2 atom stereocenters. The second kappa shape index (κ2) is 20.5. The maximum absolute atomic E-state index is 12.6. The average molecular weight is 920 g/mol. The second-order valence-corrected chi connectivity index (χ2v) is 16.0. The van der Waals surface area contributed by atoms with Gasteiger partial charge in [0.15, 0.2) is 17.0 Å². The molecule has 0 spiro atoms. The van der Waals surface area contributed by atoms with E-state index in [1.54, 1.807) is 52.8 Å². The van der Waals surface area contributed by atoms with Gasteiger partial charge in [0, 0.05) is 50.0 Å². The van der Waals surface area contributed by atoms with Crippen LogP contribution in [0.5, 0.6) is 0 Å². The number of aryl methyl sites for hydroxylation is 6. The SMILES string of the molecule is Cc1cc(C2(C)CC(c3ccc(C)c(C(=O)NCC(=O)CCC(F)(F)F)c3)=NO2)n(C)n1.Cc1cc(C2(C)CC(c3ccc(C)c(C(=O)O)c3)=NO2)n(C)n1.NCC(=O)NCC(F)(F)F. The molecule has 0 bridgehead atoms. The summed E-state index contributed by atoms with van der Waals surface area (Å²) >= 11 is 0. The first-order valence-electron chi connectivity index (χ1n) is 20.0. The highest BCUT2D eigenvalue weighted by atomic mass is 19.4. The molecule has 2 aromatic carbocycles. The van der Waals surface area contributed by atoms with Crippen LogP contribution in [0.15, 0.2) is 58.8 Å². The van der Waals surface area contributed by atoms with Crippen LogP contribution in [0.1, 0.15) is 105 Å². The van der Waals surface area contributed by atoms with Crippen LogP contribution in [0.25, 0.3) is 0 Å². The summed E-state index contributed by atoms with van der Waals surface area (Å²) in [6.45, 7) is 9.02. The first-order valence-corrected chi connectivity index (χ1v) is 20.0. The highest BCUT2D eigenvalue weighted by Crippen LogP contribution is 2.38. The molecule has 65 heavy (non-hydrogen) atoms. The van der Waals surface area contributed by atoms with E-state index >= 15 is 0 Å². The highest BCUT2D eigenvalue weighted by molar-refractivity contribution is 6.05. The number of alkyl halides is 6. The molecule has 4 aromatic rings. The number of halogens is 6. The van der Waals surface area contributed by atoms with Crippen LogP contribution in [0.3, 0.4) is 0 Å². The van der Waals surface area contributed by atoms with Crippen LogP contribution in [0.4, 0.5) is 26.3 Å². The topological polar surface area (TPSA) is 217 Å². The fourth-order valence-corrected chi connectivity index (χ4v) is 6.87. The largest absolute Gasteiger partial charge is 0.478 e. The Kier molecular flexibility index (Phi) is 16.1. The number of carboxylic acid groups (broad SMARTS) is 1. The summed E-state index contributed by atoms with van der Waals surface area (Å²) < 4.78 is 74.2. The monoisotopic (exact) mass is 919 g/mol. The summed E-state index contributed by atoms with van der Waals surface area (Å²) in [5, 5.41) is 30.4. The third-order valence-electron chi connectivity index (χ3n) is 10.2. The van der Waals surface area contributed by atoms with E-state index < -0.39 is 79.6 Å². The molecule has 6 rings (SSSR count). The third kappa shape index (κ3) is 14.0. The number of hydrogen-bond acceptors (Lipinski definition) is 11. The van der Waals surface area contributed by atoms with E-state index in [0.717, 1.165) is 39.6 Å². The van der Waals surface area contributed by atoms with Gasteiger partial charge in [-0.25, -0.2) is 4.79 Å². The van der Waals surface area contributed by atoms with Crippen LogP contribution < -0.4 is 16.4 Å². The molecule has 22 heteroatoms. The molecular weight excluding hydrogens is 869 g/mol. The molecule has 16 nitrogen and oxygen atoms in total. The fourth-order valence-electron chi connectivity index (χ4n) is 6.87. The maximum atomic E-state index is 12.6. The summed E-state index contributed by atoms with van der Waals surface area (Å²) in [4.78, 5) is 57.1. The number of ketones is 1. The van der Waals surface area contributed by atoms with E-state index in [1.165, 1.54) is 0 Å². The van der Waals surface area contributed by atoms with E-state index in [4.69, 9.17) is 15.4 Å². The standard InChI is InChI=1S/C22H25F3N4O3.C17H19N3O3.C4H7F3N2O/c1-13-5-6-15(10-17(13)20(31)26-12-16(30)7-8-22(23,24)25)18-11-21(3,32-28-18)19-9-14(2)27-29(19)4;1-10-5-6-12(8-13(10)16(21)22)14-9-17(3,23-19-14)15-7-11(2)18-20(15)4;5-4(6,7)2-9-3(10)1-8/h5-6,9-10H,7-8,11-12H2,1-4H3,(H,26,31);5-8H,9H2,1-4H3,(H,21,22);1-2,8H2,(H,9,10). The number of carboxylic acids is 1. The molecule has 2 aromatic heterocycles. The zero-order valence-electron chi connectivity index (χ0n) is 37.0. The van der Waals surface area contributed by atoms with Gasteiger partial charge in [0.1, 0.15) is 6.54 Å². The molecule has 352 valence electrons. The van der Waals surface area contributed by atoms with Gasteiger partial charge in [-0.1, -0.05) is 34.6 Å². The van der Waals surface area contributed by atoms with Crippen molar-refractivity contribution in [3.8, 4) is 0 Å². The minimum absolute atomic E-state index is 0.287. The van der Waals surface area contributed by atoms with E-state index in [-0.39, 0.29) is 5.56 Å². The van der Waals surface area contributed by atoms with Gasteiger partial charge >= 0.3 is 18.3 Å². The number of hydrogen-bond donors (Lipinski definition) is 4. The number of aromatic nitrogens is 4. The molecule has 2 amide bonds. The minimum Gasteiger partial charge on any atom is -0.478 e. The maximum Gasteiger partial charge on any atom is 0.405 e. The second-order valence-electron chi connectivity index (χ2n) is 16.0. The van der Waals surface area contributed by atoms with E-state index in [1.807, 2.05) is 66.1 Å². The van der Waals surface area contributed by atoms with Crippen molar-refractivity contribution >= 4 is 35.0 Å². The summed E-state index contributed by atoms with van der Waals surface area (Å²) in [6, 6.07) is 14.5. The van der Waals surface area contributed by atoms with Crippen LogP contribution in [0.2, 0.25) is 0 Å². The molecule has 4 heterocycles. The Morgan fingerprint density at radius 2 is 1.20 bits per heavy atom. The van der Waals surface area contributed by atoms with Crippen LogP contribution in [0, 0.1) is 27.7 Å². The predicted octanol–water partition coefficient (Wildman–Crippen LogP) is 6.12. The quantitative estimate of drug-likeness (QED) is 0.120. The van der Waals surface area contributed by atoms with E-state index in [2.05, 4.69) is 25.8 Å². The number of nitrogens with one attached hydrogen (secondary N) is 2. The summed E-state index contributed by atoms with van der Waals surface area (Å²) in [5.41, 5.74) is 11.9. The zero-order chi connectivity index (χ0) is 48.7. The molecule has 0 saturated carbocycles. The average Bonchev–Trinajstić information content (AvgIpc) is 4.00. The lowest BCUT2D eigenvalue weighted by Gasteiger charge is -2.21. The Morgan fingerprint density at radius 3 is 1.60 bits per heavy atom. The molecule has 0 fully saturated rings. The van der Waals surface area contributed by atoms with Crippen LogP contribution >= 0.6 is 0 Å². The van der Waals surface area contributed by atoms with E-state index in [9.17, 15) is 50.6 Å². The van der Waals surface area contributed by atoms with Gasteiger partial charge in [-0.3, -0.25) is 23.7 Å². The van der Waals surface area contributed by atoms with Crippen molar-refractivity contribution in [2.45, 2.75) is 90.8 Å². The number of amides is 2. The van der Waals surface area contributed by atoms with Gasteiger partial charge in [0.2, 0.25) is 5.91 Å². The third-order valence-corrected chi connectivity index (χ3v) is 10.2. The number of rotatable bonds is 12. The minimum atomic E-state index is -4.41. The van der Waals surface area contributed by atoms with Crippen molar-refractivity contribution in [2.24, 2.45) is 30.1 Å². The zero-order valence-corrected chi connectivity index (χ0v) is 37.0. The van der Waals surface area contributed by atoms with Gasteiger partial charge in [-0.05, 0) is 76.9 Å². The first-order chi connectivity index (χ1) is 30.1. The smallest absolute Gasteiger partial charge is 0.405 e. The van der Waals surface area contributed by atoms with Crippen molar-refractivity contribution in [3.05, 3.63) is 105 Å². The van der Waals surface area contributed by atoms with Crippen molar-refractivity contribution in [2.75, 3.05) is 19.6 Å². The Bertz CT molecular complexity index is 2480. The number of oxime groups is 2.